The summed E-state index contributed by atoms with van der Waals surface area (Å²) in [5, 5.41) is 14.9. The molecular weight excluding hydrogens is 1140 g/mol. The van der Waals surface area contributed by atoms with Gasteiger partial charge in [-0.3, -0.25) is 14.5 Å². The summed E-state index contributed by atoms with van der Waals surface area (Å²) in [5.41, 5.74) is 6.12. The lowest BCUT2D eigenvalue weighted by molar-refractivity contribution is -0.138. The number of amides is 2. The zero-order chi connectivity index (χ0) is 61.0. The number of carbonyl (C=O) groups is 2. The first kappa shape index (κ1) is 59.3. The number of aromatic nitrogens is 8. The molecule has 0 saturated carbocycles. The van der Waals surface area contributed by atoms with Crippen LogP contribution in [-0.2, 0) is 12.4 Å². The van der Waals surface area contributed by atoms with Crippen molar-refractivity contribution in [1.29, 1.82) is 0 Å². The third-order valence-corrected chi connectivity index (χ3v) is 15.3. The number of likely N-dealkylation sites (tertiary alicyclic amines) is 1. The predicted octanol–water partition coefficient (Wildman–Crippen LogP) is 8.58. The number of halogens is 6. The molecule has 11 rings (SSSR count). The molecule has 0 bridgehead atoms. The van der Waals surface area contributed by atoms with Crippen LogP contribution in [0.15, 0.2) is 97.6 Å². The summed E-state index contributed by atoms with van der Waals surface area (Å²) < 4.78 is 94.0. The van der Waals surface area contributed by atoms with Crippen molar-refractivity contribution in [3.8, 4) is 11.5 Å². The van der Waals surface area contributed by atoms with E-state index in [0.717, 1.165) is 82.8 Å². The third kappa shape index (κ3) is 13.8. The summed E-state index contributed by atoms with van der Waals surface area (Å²) >= 11 is 0. The van der Waals surface area contributed by atoms with Crippen LogP contribution in [-0.4, -0.2) is 166 Å². The SMILES string of the molecule is COc1ccc(C(=O)Nc2cccc(C(F)(F)F)c2)cc1Nc1ncnc2c(NCOc3ccc(C(=O)Nc4cccc(C(F)(F)F)c4)cc3Nc3ncnc4c(N)nc(N5CCCN(C)CC5)nc34)nc(N3CCN(C4CCN(C)CC4)CC3)nc12. The molecule has 4 aromatic heterocycles. The maximum atomic E-state index is 13.9. The van der Waals surface area contributed by atoms with Gasteiger partial charge in [0.25, 0.3) is 11.8 Å². The molecule has 3 saturated heterocycles. The molecule has 0 spiro atoms. The van der Waals surface area contributed by atoms with Gasteiger partial charge in [0.15, 0.2) is 30.0 Å². The molecule has 7 heterocycles. The van der Waals surface area contributed by atoms with Gasteiger partial charge in [0.05, 0.1) is 29.6 Å². The van der Waals surface area contributed by atoms with E-state index in [9.17, 15) is 35.9 Å². The van der Waals surface area contributed by atoms with E-state index in [1.54, 1.807) is 0 Å². The standard InChI is InChI=1S/C58H61F6N19O4/c1-79-17-6-18-82(22-21-79)55-75-47-45(49(65)77-55)66-31-68-51(47)74-42-28-35(54(85)72-39-10-5-8-37(30-39)58(62,63)64)12-14-44(42)87-33-70-50-46-48(76-56(78-50)83-25-23-81(24-26-83)40-15-19-80(2)20-16-40)52(69-32-67-46)73-41-27-34(11-13-43(41)86-3)53(84)71-38-9-4-7-36(29-38)57(59,60)61/h4-5,7-14,27-32,40H,6,15-26,33H2,1-3H3,(H,71,84)(H,72,85)(H2,65,75,77)(H,66,68,74)(H,67,69,73)(H,70,76,78). The lowest BCUT2D eigenvalue weighted by atomic mass is 10.0. The number of benzene rings is 4. The highest BCUT2D eigenvalue weighted by atomic mass is 19.4. The average molecular weight is 1200 g/mol. The summed E-state index contributed by atoms with van der Waals surface area (Å²) in [6.45, 7) is 7.39. The number of hydrogen-bond acceptors (Lipinski definition) is 21. The first-order chi connectivity index (χ1) is 41.8. The van der Waals surface area contributed by atoms with E-state index in [2.05, 4.69) is 78.2 Å². The fourth-order valence-corrected chi connectivity index (χ4v) is 10.6. The fourth-order valence-electron chi connectivity index (χ4n) is 10.6. The normalized spacial score (nSPS) is 15.9. The van der Waals surface area contributed by atoms with Gasteiger partial charge in [0.2, 0.25) is 11.9 Å². The Bertz CT molecular complexity index is 3830. The van der Waals surface area contributed by atoms with E-state index in [1.807, 2.05) is 11.9 Å². The minimum Gasteiger partial charge on any atom is -0.495 e. The number of nitrogen functional groups attached to an aromatic ring is 1. The van der Waals surface area contributed by atoms with Crippen LogP contribution in [0.4, 0.5) is 84.3 Å². The molecule has 0 atom stereocenters. The molecule has 23 nitrogen and oxygen atoms in total. The number of hydrogen-bond donors (Lipinski definition) is 6. The molecule has 29 heteroatoms. The Balaban J connectivity index is 0.917. The molecule has 3 fully saturated rings. The number of carbonyl (C=O) groups excluding carboxylic acids is 2. The molecule has 7 N–H and O–H groups in total. The number of ether oxygens (including phenoxy) is 2. The molecule has 2 amide bonds. The summed E-state index contributed by atoms with van der Waals surface area (Å²) in [6.07, 6.45) is -3.72. The lowest BCUT2D eigenvalue weighted by Gasteiger charge is -2.42. The second kappa shape index (κ2) is 25.2. The van der Waals surface area contributed by atoms with Crippen molar-refractivity contribution in [1.82, 2.24) is 54.6 Å². The zero-order valence-electron chi connectivity index (χ0n) is 47.5. The Morgan fingerprint density at radius 1 is 0.575 bits per heavy atom. The van der Waals surface area contributed by atoms with Gasteiger partial charge >= 0.3 is 12.4 Å². The van der Waals surface area contributed by atoms with Crippen LogP contribution >= 0.6 is 0 Å². The summed E-state index contributed by atoms with van der Waals surface area (Å²) in [7, 11) is 5.61. The van der Waals surface area contributed by atoms with Gasteiger partial charge in [-0.1, -0.05) is 12.1 Å². The Labute approximate surface area is 494 Å². The minimum absolute atomic E-state index is 0.0368. The van der Waals surface area contributed by atoms with Gasteiger partial charge in [0.1, 0.15) is 46.2 Å². The highest BCUT2D eigenvalue weighted by Crippen LogP contribution is 2.37. The monoisotopic (exact) mass is 1200 g/mol. The maximum absolute atomic E-state index is 13.9. The molecule has 3 aliphatic rings. The topological polar surface area (TPSA) is 258 Å². The van der Waals surface area contributed by atoms with Crippen LogP contribution in [0.5, 0.6) is 11.5 Å². The quantitative estimate of drug-likeness (QED) is 0.0391. The molecule has 3 aliphatic heterocycles. The number of nitrogens with one attached hydrogen (secondary N) is 5. The van der Waals surface area contributed by atoms with Crippen LogP contribution in [0.3, 0.4) is 0 Å². The molecule has 87 heavy (non-hydrogen) atoms. The van der Waals surface area contributed by atoms with E-state index in [0.29, 0.717) is 49.9 Å². The van der Waals surface area contributed by atoms with Gasteiger partial charge in [-0.25, -0.2) is 29.9 Å². The summed E-state index contributed by atoms with van der Waals surface area (Å²) in [6, 6.07) is 17.9. The van der Waals surface area contributed by atoms with Crippen molar-refractivity contribution in [2.24, 2.45) is 0 Å². The van der Waals surface area contributed by atoms with Crippen molar-refractivity contribution >= 4 is 91.8 Å². The Kier molecular flexibility index (Phi) is 17.2. The van der Waals surface area contributed by atoms with Crippen molar-refractivity contribution in [2.45, 2.75) is 37.7 Å². The molecular formula is C58H61F6N19O4. The number of alkyl halides is 6. The highest BCUT2D eigenvalue weighted by Gasteiger charge is 2.33. The highest BCUT2D eigenvalue weighted by molar-refractivity contribution is 6.06. The molecule has 0 aliphatic carbocycles. The lowest BCUT2D eigenvalue weighted by Crippen LogP contribution is -2.53. The number of piperidine rings is 1. The van der Waals surface area contributed by atoms with Gasteiger partial charge in [-0.15, -0.1) is 0 Å². The number of likely N-dealkylation sites (N-methyl/N-ethyl adjacent to an activating group) is 1. The maximum Gasteiger partial charge on any atom is 0.416 e. The van der Waals surface area contributed by atoms with E-state index < -0.39 is 35.3 Å². The van der Waals surface area contributed by atoms with Gasteiger partial charge in [-0.2, -0.15) is 36.3 Å². The van der Waals surface area contributed by atoms with Crippen LogP contribution in [0.25, 0.3) is 22.1 Å². The third-order valence-electron chi connectivity index (χ3n) is 15.3. The van der Waals surface area contributed by atoms with Crippen molar-refractivity contribution in [2.75, 3.05) is 136 Å². The Hall–Kier alpha value is -9.48. The largest absolute Gasteiger partial charge is 0.495 e. The molecule has 0 radical (unpaired) electrons. The minimum atomic E-state index is -4.65. The Morgan fingerprint density at radius 3 is 1.70 bits per heavy atom. The van der Waals surface area contributed by atoms with Crippen molar-refractivity contribution in [3.63, 3.8) is 0 Å². The summed E-state index contributed by atoms with van der Waals surface area (Å²) in [4.78, 5) is 76.3. The number of nitrogens with zero attached hydrogens (tertiary/aromatic N) is 13. The van der Waals surface area contributed by atoms with Gasteiger partial charge in [0, 0.05) is 74.4 Å². The number of nitrogens with two attached hydrogens (primary N) is 1. The van der Waals surface area contributed by atoms with Crippen LogP contribution < -0.4 is 51.6 Å². The fraction of sp³-hybridized carbons (Fsp3) is 0.345. The van der Waals surface area contributed by atoms with Gasteiger partial charge < -0.3 is 61.4 Å². The second-order valence-electron chi connectivity index (χ2n) is 21.2. The van der Waals surface area contributed by atoms with Crippen LogP contribution in [0, 0.1) is 0 Å². The second-order valence-corrected chi connectivity index (χ2v) is 21.2. The molecule has 4 aromatic carbocycles. The van der Waals surface area contributed by atoms with E-state index in [1.165, 1.54) is 80.4 Å². The molecule has 8 aromatic rings. The first-order valence-corrected chi connectivity index (χ1v) is 28.0. The number of anilines is 10. The summed E-state index contributed by atoms with van der Waals surface area (Å²) in [5.74, 6) is 0.458. The first-order valence-electron chi connectivity index (χ1n) is 28.0. The smallest absolute Gasteiger partial charge is 0.416 e. The zero-order valence-corrected chi connectivity index (χ0v) is 47.5. The Morgan fingerprint density at radius 2 is 1.10 bits per heavy atom. The van der Waals surface area contributed by atoms with Crippen molar-refractivity contribution < 1.29 is 45.4 Å². The molecule has 454 valence electrons. The average Bonchev–Trinajstić information content (AvgIpc) is 3.64. The van der Waals surface area contributed by atoms with E-state index in [-0.39, 0.29) is 91.7 Å². The van der Waals surface area contributed by atoms with Gasteiger partial charge in [-0.05, 0) is 126 Å². The number of methoxy groups -OCH3 is 1. The van der Waals surface area contributed by atoms with E-state index >= 15 is 0 Å². The van der Waals surface area contributed by atoms with Crippen molar-refractivity contribution in [3.05, 3.63) is 120 Å². The van der Waals surface area contributed by atoms with Crippen LogP contribution in [0.2, 0.25) is 0 Å². The number of rotatable bonds is 16. The van der Waals surface area contributed by atoms with E-state index in [4.69, 9.17) is 30.2 Å². The number of fused-ring (bicyclic) bond motifs is 2. The van der Waals surface area contributed by atoms with Crippen LogP contribution in [0.1, 0.15) is 51.1 Å². The predicted molar refractivity (Wildman–Crippen MR) is 317 cm³/mol. The number of piperazine rings is 1. The molecule has 0 unspecified atom stereocenters.